The van der Waals surface area contributed by atoms with Crippen molar-refractivity contribution in [1.29, 1.82) is 5.26 Å². The van der Waals surface area contributed by atoms with Crippen LogP contribution < -0.4 is 10.2 Å². The fourth-order valence-corrected chi connectivity index (χ4v) is 5.04. The summed E-state index contributed by atoms with van der Waals surface area (Å²) in [6, 6.07) is 5.98. The van der Waals surface area contributed by atoms with Crippen LogP contribution in [0.1, 0.15) is 40.0 Å². The molecular formula is C24H30FN5O4. The molecule has 0 spiro atoms. The third-order valence-electron chi connectivity index (χ3n) is 6.46. The van der Waals surface area contributed by atoms with Crippen molar-refractivity contribution in [2.24, 2.45) is 0 Å². The molecule has 0 unspecified atom stereocenters. The molecule has 1 aromatic rings. The molecule has 4 rings (SSSR count). The predicted octanol–water partition coefficient (Wildman–Crippen LogP) is 2.02. The number of halogens is 1. The number of carbonyl (C=O) groups excluding carboxylic acids is 3. The van der Waals surface area contributed by atoms with Gasteiger partial charge in [-0.1, -0.05) is 0 Å². The molecule has 0 aliphatic carbocycles. The molecule has 0 radical (unpaired) electrons. The van der Waals surface area contributed by atoms with Crippen molar-refractivity contribution < 1.29 is 23.5 Å². The second-order valence-electron chi connectivity index (χ2n) is 10.1. The molecule has 3 aliphatic rings. The van der Waals surface area contributed by atoms with Crippen molar-refractivity contribution >= 4 is 23.6 Å². The molecule has 9 nitrogen and oxygen atoms in total. The second-order valence-corrected chi connectivity index (χ2v) is 10.1. The lowest BCUT2D eigenvalue weighted by atomic mass is 10.1. The van der Waals surface area contributed by atoms with E-state index in [1.165, 1.54) is 17.0 Å². The maximum absolute atomic E-state index is 13.4. The summed E-state index contributed by atoms with van der Waals surface area (Å²) in [5.74, 6) is -0.822. The topological polar surface area (TPSA) is 106 Å². The van der Waals surface area contributed by atoms with Crippen molar-refractivity contribution in [2.45, 2.75) is 69.8 Å². The number of piperazine rings is 1. The van der Waals surface area contributed by atoms with Gasteiger partial charge in [0.25, 0.3) is 0 Å². The van der Waals surface area contributed by atoms with Crippen LogP contribution in [0.5, 0.6) is 0 Å². The number of benzene rings is 1. The lowest BCUT2D eigenvalue weighted by molar-refractivity contribution is -0.135. The number of anilines is 1. The first-order chi connectivity index (χ1) is 16.1. The molecule has 3 aliphatic heterocycles. The summed E-state index contributed by atoms with van der Waals surface area (Å²) in [6.07, 6.45) is 1.19. The highest BCUT2D eigenvalue weighted by Gasteiger charge is 2.51. The Morgan fingerprint density at radius 3 is 2.62 bits per heavy atom. The van der Waals surface area contributed by atoms with Crippen LogP contribution >= 0.6 is 0 Å². The Morgan fingerprint density at radius 1 is 1.29 bits per heavy atom. The van der Waals surface area contributed by atoms with Crippen LogP contribution in [0.3, 0.4) is 0 Å². The van der Waals surface area contributed by atoms with E-state index >= 15 is 0 Å². The van der Waals surface area contributed by atoms with Gasteiger partial charge < -0.3 is 19.9 Å². The Balaban J connectivity index is 1.49. The molecule has 3 heterocycles. The molecule has 4 atom stereocenters. The van der Waals surface area contributed by atoms with Gasteiger partial charge in [0.2, 0.25) is 11.8 Å². The van der Waals surface area contributed by atoms with Gasteiger partial charge in [0.1, 0.15) is 23.5 Å². The van der Waals surface area contributed by atoms with Gasteiger partial charge in [-0.2, -0.15) is 5.26 Å². The van der Waals surface area contributed by atoms with Crippen molar-refractivity contribution in [3.63, 3.8) is 0 Å². The zero-order chi connectivity index (χ0) is 24.6. The molecule has 0 saturated carbocycles. The summed E-state index contributed by atoms with van der Waals surface area (Å²) in [5.41, 5.74) is -0.0919. The number of likely N-dealkylation sites (tertiary alicyclic amines) is 2. The fraction of sp³-hybridized carbons (Fsp3) is 0.583. The largest absolute Gasteiger partial charge is 0.444 e. The van der Waals surface area contributed by atoms with Crippen LogP contribution in [0.15, 0.2) is 24.3 Å². The zero-order valence-corrected chi connectivity index (χ0v) is 19.7. The highest BCUT2D eigenvalue weighted by Crippen LogP contribution is 2.36. The molecule has 3 amide bonds. The van der Waals surface area contributed by atoms with Gasteiger partial charge in [0.15, 0.2) is 0 Å². The minimum absolute atomic E-state index is 0.0983. The van der Waals surface area contributed by atoms with Gasteiger partial charge in [-0.15, -0.1) is 0 Å². The smallest absolute Gasteiger partial charge is 0.408 e. The number of fused-ring (bicyclic) bond motifs is 2. The van der Waals surface area contributed by atoms with Gasteiger partial charge >= 0.3 is 6.09 Å². The lowest BCUT2D eigenvalue weighted by Crippen LogP contribution is -2.59. The number of amides is 3. The highest BCUT2D eigenvalue weighted by atomic mass is 19.1. The maximum Gasteiger partial charge on any atom is 0.408 e. The number of hydrogen-bond acceptors (Lipinski definition) is 6. The Kier molecular flexibility index (Phi) is 6.49. The number of carbonyl (C=O) groups is 3. The van der Waals surface area contributed by atoms with Crippen LogP contribution in [0.2, 0.25) is 0 Å². The van der Waals surface area contributed by atoms with E-state index in [1.807, 2.05) is 4.90 Å². The molecule has 3 saturated heterocycles. The van der Waals surface area contributed by atoms with Crippen LogP contribution in [-0.4, -0.2) is 77.1 Å². The number of hydrogen-bond donors (Lipinski definition) is 1. The Labute approximate surface area is 198 Å². The summed E-state index contributed by atoms with van der Waals surface area (Å²) >= 11 is 0. The van der Waals surface area contributed by atoms with E-state index in [-0.39, 0.29) is 30.2 Å². The van der Waals surface area contributed by atoms with Crippen LogP contribution in [0.4, 0.5) is 14.9 Å². The van der Waals surface area contributed by atoms with Crippen LogP contribution in [-0.2, 0) is 14.3 Å². The van der Waals surface area contributed by atoms with Gasteiger partial charge in [-0.3, -0.25) is 14.5 Å². The van der Waals surface area contributed by atoms with Gasteiger partial charge in [0.05, 0.1) is 18.2 Å². The molecule has 3 fully saturated rings. The molecule has 182 valence electrons. The maximum atomic E-state index is 13.4. The van der Waals surface area contributed by atoms with Crippen LogP contribution in [0, 0.1) is 17.1 Å². The van der Waals surface area contributed by atoms with E-state index < -0.39 is 29.8 Å². The Morgan fingerprint density at radius 2 is 2.00 bits per heavy atom. The Bertz CT molecular complexity index is 1000. The minimum atomic E-state index is -0.949. The predicted molar refractivity (Wildman–Crippen MR) is 121 cm³/mol. The third kappa shape index (κ3) is 4.85. The number of alkyl carbamates (subject to hydrolysis) is 1. The summed E-state index contributed by atoms with van der Waals surface area (Å²) in [4.78, 5) is 44.1. The minimum Gasteiger partial charge on any atom is -0.444 e. The second kappa shape index (κ2) is 9.22. The number of rotatable bonds is 5. The van der Waals surface area contributed by atoms with Crippen molar-refractivity contribution in [2.75, 3.05) is 24.5 Å². The number of nitriles is 1. The quantitative estimate of drug-likeness (QED) is 0.704. The molecule has 0 aromatic heterocycles. The van der Waals surface area contributed by atoms with Gasteiger partial charge in [-0.05, 0) is 64.3 Å². The Hall–Kier alpha value is -3.19. The molecule has 2 bridgehead atoms. The van der Waals surface area contributed by atoms with E-state index in [1.54, 1.807) is 37.8 Å². The molecule has 10 heteroatoms. The summed E-state index contributed by atoms with van der Waals surface area (Å²) < 4.78 is 18.7. The van der Waals surface area contributed by atoms with Crippen molar-refractivity contribution in [3.8, 4) is 6.07 Å². The summed E-state index contributed by atoms with van der Waals surface area (Å²) in [7, 11) is 0. The van der Waals surface area contributed by atoms with Crippen molar-refractivity contribution in [1.82, 2.24) is 15.1 Å². The first-order valence-electron chi connectivity index (χ1n) is 11.6. The van der Waals surface area contributed by atoms with E-state index in [2.05, 4.69) is 11.4 Å². The standard InChI is InChI=1S/C24H30FN5O4/c1-24(2,3)34-23(33)27-19(21(31)29-10-4-5-17(29)12-26)14-28-13-18-11-20(28)22(32)30(18)16-8-6-15(25)7-9-16/h6-9,17-20H,4-5,10-11,13-14H2,1-3H3,(H,27,33)/t17-,18-,19-,20-/m0/s1. The number of nitrogens with zero attached hydrogens (tertiary/aromatic N) is 4. The summed E-state index contributed by atoms with van der Waals surface area (Å²) in [5, 5.41) is 12.1. The molecule has 34 heavy (non-hydrogen) atoms. The number of ether oxygens (including phenoxy) is 1. The van der Waals surface area contributed by atoms with E-state index in [0.717, 1.165) is 6.42 Å². The average molecular weight is 472 g/mol. The van der Waals surface area contributed by atoms with E-state index in [4.69, 9.17) is 4.74 Å². The zero-order valence-electron chi connectivity index (χ0n) is 19.7. The molecular weight excluding hydrogens is 441 g/mol. The third-order valence-corrected chi connectivity index (χ3v) is 6.46. The average Bonchev–Trinajstić information content (AvgIpc) is 3.46. The van der Waals surface area contributed by atoms with E-state index in [9.17, 15) is 24.0 Å². The fourth-order valence-electron chi connectivity index (χ4n) is 5.04. The van der Waals surface area contributed by atoms with Crippen molar-refractivity contribution in [3.05, 3.63) is 30.1 Å². The van der Waals surface area contributed by atoms with Crippen LogP contribution in [0.25, 0.3) is 0 Å². The molecule has 1 N–H and O–H groups in total. The van der Waals surface area contributed by atoms with E-state index in [0.29, 0.717) is 31.6 Å². The summed E-state index contributed by atoms with van der Waals surface area (Å²) in [6.45, 7) is 6.31. The highest BCUT2D eigenvalue weighted by molar-refractivity contribution is 6.01. The van der Waals surface area contributed by atoms with Gasteiger partial charge in [-0.25, -0.2) is 9.18 Å². The normalized spacial score (nSPS) is 25.4. The first-order valence-corrected chi connectivity index (χ1v) is 11.6. The monoisotopic (exact) mass is 471 g/mol. The lowest BCUT2D eigenvalue weighted by Gasteiger charge is -2.36. The van der Waals surface area contributed by atoms with Gasteiger partial charge in [0, 0.05) is 25.3 Å². The SMILES string of the molecule is CC(C)(C)OC(=O)N[C@@H](CN1C[C@@H]2C[C@H]1C(=O)N2c1ccc(F)cc1)C(=O)N1CCC[C@H]1C#N. The number of nitrogens with one attached hydrogen (secondary N) is 1. The molecule has 1 aromatic carbocycles. The first kappa shape index (κ1) is 24.0.